The van der Waals surface area contributed by atoms with E-state index in [1.54, 1.807) is 0 Å². The van der Waals surface area contributed by atoms with Crippen LogP contribution in [-0.4, -0.2) is 57.0 Å². The topological polar surface area (TPSA) is 49.4 Å². The van der Waals surface area contributed by atoms with E-state index in [0.29, 0.717) is 23.5 Å². The Kier molecular flexibility index (Phi) is 4.10. The molecule has 3 unspecified atom stereocenters. The summed E-state index contributed by atoms with van der Waals surface area (Å²) < 4.78 is 23.0. The van der Waals surface area contributed by atoms with Crippen molar-refractivity contribution in [2.75, 3.05) is 31.6 Å². The second-order valence-electron chi connectivity index (χ2n) is 5.53. The molecule has 2 aliphatic heterocycles. The number of rotatable bonds is 3. The predicted octanol–water partition coefficient (Wildman–Crippen LogP) is 0.493. The maximum atomic E-state index is 11.5. The molecule has 3 atom stereocenters. The summed E-state index contributed by atoms with van der Waals surface area (Å²) in [5, 5.41) is 3.32. The summed E-state index contributed by atoms with van der Waals surface area (Å²) in [5.41, 5.74) is 0. The van der Waals surface area contributed by atoms with Gasteiger partial charge in [-0.3, -0.25) is 4.90 Å². The van der Waals surface area contributed by atoms with Gasteiger partial charge in [-0.25, -0.2) is 8.42 Å². The van der Waals surface area contributed by atoms with Crippen molar-refractivity contribution in [3.05, 3.63) is 0 Å². The number of nitrogens with zero attached hydrogens (tertiary/aromatic N) is 1. The lowest BCUT2D eigenvalue weighted by Gasteiger charge is -2.38. The van der Waals surface area contributed by atoms with Gasteiger partial charge < -0.3 is 5.32 Å². The maximum Gasteiger partial charge on any atom is 0.151 e. The first-order valence-corrected chi connectivity index (χ1v) is 8.46. The van der Waals surface area contributed by atoms with Gasteiger partial charge in [0.05, 0.1) is 11.5 Å². The van der Waals surface area contributed by atoms with Gasteiger partial charge in [0.2, 0.25) is 0 Å². The van der Waals surface area contributed by atoms with Crippen LogP contribution in [0, 0.1) is 5.92 Å². The minimum atomic E-state index is -2.75. The van der Waals surface area contributed by atoms with Crippen molar-refractivity contribution in [2.24, 2.45) is 5.92 Å². The van der Waals surface area contributed by atoms with E-state index < -0.39 is 9.84 Å². The van der Waals surface area contributed by atoms with E-state index in [1.165, 1.54) is 12.8 Å². The smallest absolute Gasteiger partial charge is 0.151 e. The first kappa shape index (κ1) is 13.3. The second-order valence-corrected chi connectivity index (χ2v) is 7.76. The van der Waals surface area contributed by atoms with Crippen LogP contribution in [0.1, 0.15) is 26.2 Å². The Morgan fingerprint density at radius 1 is 1.35 bits per heavy atom. The zero-order chi connectivity index (χ0) is 12.5. The molecule has 0 aromatic rings. The molecule has 2 fully saturated rings. The van der Waals surface area contributed by atoms with Crippen molar-refractivity contribution in [2.45, 2.75) is 38.3 Å². The molecule has 2 heterocycles. The molecule has 0 saturated carbocycles. The minimum absolute atomic E-state index is 0.284. The van der Waals surface area contributed by atoms with E-state index in [2.05, 4.69) is 17.1 Å². The van der Waals surface area contributed by atoms with Crippen molar-refractivity contribution >= 4 is 9.84 Å². The van der Waals surface area contributed by atoms with Crippen LogP contribution in [-0.2, 0) is 9.84 Å². The van der Waals surface area contributed by atoms with Gasteiger partial charge in [-0.05, 0) is 45.7 Å². The molecule has 2 saturated heterocycles. The maximum absolute atomic E-state index is 11.5. The van der Waals surface area contributed by atoms with E-state index in [0.717, 1.165) is 19.5 Å². The number of hydrogen-bond acceptors (Lipinski definition) is 4. The Hall–Kier alpha value is -0.130. The minimum Gasteiger partial charge on any atom is -0.317 e. The van der Waals surface area contributed by atoms with Gasteiger partial charge >= 0.3 is 0 Å². The summed E-state index contributed by atoms with van der Waals surface area (Å²) >= 11 is 0. The van der Waals surface area contributed by atoms with Crippen LogP contribution in [0.5, 0.6) is 0 Å². The van der Waals surface area contributed by atoms with Crippen LogP contribution in [0.4, 0.5) is 0 Å². The highest BCUT2D eigenvalue weighted by atomic mass is 32.2. The van der Waals surface area contributed by atoms with Gasteiger partial charge in [0, 0.05) is 18.6 Å². The quantitative estimate of drug-likeness (QED) is 0.802. The van der Waals surface area contributed by atoms with E-state index in [-0.39, 0.29) is 6.04 Å². The Morgan fingerprint density at radius 2 is 2.12 bits per heavy atom. The molecular formula is C12H24N2O2S. The fraction of sp³-hybridized carbons (Fsp3) is 1.00. The Morgan fingerprint density at radius 3 is 2.71 bits per heavy atom. The van der Waals surface area contributed by atoms with Gasteiger partial charge in [-0.2, -0.15) is 0 Å². The zero-order valence-electron chi connectivity index (χ0n) is 10.9. The third-order valence-corrected chi connectivity index (χ3v) is 6.13. The molecule has 0 aliphatic carbocycles. The summed E-state index contributed by atoms with van der Waals surface area (Å²) in [7, 11) is -0.742. The first-order chi connectivity index (χ1) is 8.02. The molecule has 4 nitrogen and oxygen atoms in total. The van der Waals surface area contributed by atoms with E-state index in [9.17, 15) is 8.42 Å². The molecule has 5 heteroatoms. The van der Waals surface area contributed by atoms with Crippen LogP contribution >= 0.6 is 0 Å². The Balaban J connectivity index is 1.94. The molecule has 100 valence electrons. The fourth-order valence-electron chi connectivity index (χ4n) is 3.08. The number of sulfone groups is 1. The SMILES string of the molecule is CNC(C)C1CCCN(C2CCS(=O)(=O)C2)C1. The highest BCUT2D eigenvalue weighted by Crippen LogP contribution is 2.25. The molecule has 0 amide bonds. The summed E-state index contributed by atoms with van der Waals surface area (Å²) in [6.45, 7) is 4.36. The van der Waals surface area contributed by atoms with Crippen LogP contribution in [0.25, 0.3) is 0 Å². The van der Waals surface area contributed by atoms with Crippen molar-refractivity contribution in [3.8, 4) is 0 Å². The molecule has 17 heavy (non-hydrogen) atoms. The first-order valence-electron chi connectivity index (χ1n) is 6.63. The fourth-order valence-corrected chi connectivity index (χ4v) is 4.84. The monoisotopic (exact) mass is 260 g/mol. The zero-order valence-corrected chi connectivity index (χ0v) is 11.7. The van der Waals surface area contributed by atoms with E-state index in [4.69, 9.17) is 0 Å². The number of piperidine rings is 1. The molecule has 2 aliphatic rings. The van der Waals surface area contributed by atoms with Crippen LogP contribution in [0.15, 0.2) is 0 Å². The van der Waals surface area contributed by atoms with Gasteiger partial charge in [-0.1, -0.05) is 0 Å². The lowest BCUT2D eigenvalue weighted by atomic mass is 9.91. The van der Waals surface area contributed by atoms with Crippen LogP contribution < -0.4 is 5.32 Å². The van der Waals surface area contributed by atoms with Gasteiger partial charge in [0.25, 0.3) is 0 Å². The molecular weight excluding hydrogens is 236 g/mol. The van der Waals surface area contributed by atoms with Gasteiger partial charge in [0.1, 0.15) is 0 Å². The standard InChI is InChI=1S/C12H24N2O2S/c1-10(13-2)11-4-3-6-14(8-11)12-5-7-17(15,16)9-12/h10-13H,3-9H2,1-2H3. The Bertz CT molecular complexity index is 356. The third kappa shape index (κ3) is 3.20. The summed E-state index contributed by atoms with van der Waals surface area (Å²) in [6, 6.07) is 0.808. The molecule has 1 N–H and O–H groups in total. The molecule has 0 spiro atoms. The van der Waals surface area contributed by atoms with Gasteiger partial charge in [-0.15, -0.1) is 0 Å². The Labute approximate surface area is 105 Å². The molecule has 0 bridgehead atoms. The third-order valence-electron chi connectivity index (χ3n) is 4.38. The lowest BCUT2D eigenvalue weighted by Crippen LogP contribution is -2.47. The van der Waals surface area contributed by atoms with Crippen molar-refractivity contribution in [3.63, 3.8) is 0 Å². The second kappa shape index (κ2) is 5.24. The van der Waals surface area contributed by atoms with Gasteiger partial charge in [0.15, 0.2) is 9.84 Å². The molecule has 0 aromatic carbocycles. The molecule has 2 rings (SSSR count). The largest absolute Gasteiger partial charge is 0.317 e. The van der Waals surface area contributed by atoms with Crippen molar-refractivity contribution in [1.82, 2.24) is 10.2 Å². The molecule has 0 radical (unpaired) electrons. The summed E-state index contributed by atoms with van der Waals surface area (Å²) in [6.07, 6.45) is 3.30. The van der Waals surface area contributed by atoms with E-state index >= 15 is 0 Å². The average molecular weight is 260 g/mol. The normalized spacial score (nSPS) is 35.9. The summed E-state index contributed by atoms with van der Waals surface area (Å²) in [4.78, 5) is 2.41. The lowest BCUT2D eigenvalue weighted by molar-refractivity contribution is 0.118. The number of nitrogens with one attached hydrogen (secondary N) is 1. The average Bonchev–Trinajstić information content (AvgIpc) is 2.69. The van der Waals surface area contributed by atoms with Crippen molar-refractivity contribution in [1.29, 1.82) is 0 Å². The van der Waals surface area contributed by atoms with Crippen molar-refractivity contribution < 1.29 is 8.42 Å². The number of hydrogen-bond donors (Lipinski definition) is 1. The highest BCUT2D eigenvalue weighted by Gasteiger charge is 2.35. The van der Waals surface area contributed by atoms with E-state index in [1.807, 2.05) is 7.05 Å². The molecule has 0 aromatic heterocycles. The summed E-state index contributed by atoms with van der Waals surface area (Å²) in [5.74, 6) is 1.44. The highest BCUT2D eigenvalue weighted by molar-refractivity contribution is 7.91. The van der Waals surface area contributed by atoms with Crippen LogP contribution in [0.2, 0.25) is 0 Å². The number of likely N-dealkylation sites (tertiary alicyclic amines) is 1. The predicted molar refractivity (Wildman–Crippen MR) is 69.9 cm³/mol. The van der Waals surface area contributed by atoms with Crippen LogP contribution in [0.3, 0.4) is 0 Å².